The first-order valence-electron chi connectivity index (χ1n) is 8.91. The molecule has 1 aromatic rings. The van der Waals surface area contributed by atoms with Crippen LogP contribution in [0.5, 0.6) is 0 Å². The monoisotopic (exact) mass is 318 g/mol. The second-order valence-electron chi connectivity index (χ2n) is 7.02. The molecule has 1 aromatic carbocycles. The third-order valence-corrected chi connectivity index (χ3v) is 5.39. The zero-order valence-electron chi connectivity index (χ0n) is 14.0. The van der Waals surface area contributed by atoms with E-state index in [0.29, 0.717) is 11.8 Å². The van der Waals surface area contributed by atoms with E-state index in [1.54, 1.807) is 12.1 Å². The lowest BCUT2D eigenvalue weighted by atomic mass is 9.89. The third kappa shape index (κ3) is 4.11. The van der Waals surface area contributed by atoms with Crippen LogP contribution in [0.25, 0.3) is 0 Å². The van der Waals surface area contributed by atoms with E-state index in [1.807, 2.05) is 17.9 Å². The summed E-state index contributed by atoms with van der Waals surface area (Å²) in [4.78, 5) is 16.8. The minimum absolute atomic E-state index is 0.00298. The Morgan fingerprint density at radius 3 is 2.57 bits per heavy atom. The molecule has 0 aliphatic carbocycles. The number of benzene rings is 1. The summed E-state index contributed by atoms with van der Waals surface area (Å²) in [6.07, 6.45) is 5.42. The molecule has 1 unspecified atom stereocenters. The van der Waals surface area contributed by atoms with Gasteiger partial charge in [-0.25, -0.2) is 4.39 Å². The van der Waals surface area contributed by atoms with Gasteiger partial charge in [0.1, 0.15) is 5.82 Å². The Morgan fingerprint density at radius 2 is 1.91 bits per heavy atom. The van der Waals surface area contributed by atoms with Gasteiger partial charge < -0.3 is 4.90 Å². The molecule has 1 amide bonds. The van der Waals surface area contributed by atoms with Crippen molar-refractivity contribution in [1.29, 1.82) is 0 Å². The number of nitrogens with zero attached hydrogens (tertiary/aromatic N) is 2. The SMILES string of the molecule is CC(C(=O)N1CCCC1)N1CCC(Cc2cccc(F)c2)CC1. The summed E-state index contributed by atoms with van der Waals surface area (Å²) in [5.74, 6) is 0.748. The van der Waals surface area contributed by atoms with Gasteiger partial charge in [-0.3, -0.25) is 9.69 Å². The van der Waals surface area contributed by atoms with Crippen LogP contribution in [-0.2, 0) is 11.2 Å². The predicted molar refractivity (Wildman–Crippen MR) is 89.7 cm³/mol. The van der Waals surface area contributed by atoms with Gasteiger partial charge in [0.15, 0.2) is 0 Å². The molecule has 1 atom stereocenters. The molecule has 3 nitrogen and oxygen atoms in total. The first kappa shape index (κ1) is 16.4. The van der Waals surface area contributed by atoms with Gasteiger partial charge >= 0.3 is 0 Å². The fourth-order valence-corrected chi connectivity index (χ4v) is 3.90. The lowest BCUT2D eigenvalue weighted by Gasteiger charge is -2.36. The second-order valence-corrected chi connectivity index (χ2v) is 7.02. The molecule has 23 heavy (non-hydrogen) atoms. The van der Waals surface area contributed by atoms with E-state index in [-0.39, 0.29) is 11.9 Å². The minimum atomic E-state index is -0.148. The molecular weight excluding hydrogens is 291 g/mol. The standard InChI is InChI=1S/C19H27FN2O/c1-15(19(23)22-9-2-3-10-22)21-11-7-16(8-12-21)13-17-5-4-6-18(20)14-17/h4-6,14-16H,2-3,7-13H2,1H3. The van der Waals surface area contributed by atoms with Crippen LogP contribution in [0.4, 0.5) is 4.39 Å². The van der Waals surface area contributed by atoms with Gasteiger partial charge in [0.05, 0.1) is 6.04 Å². The van der Waals surface area contributed by atoms with E-state index in [9.17, 15) is 9.18 Å². The highest BCUT2D eigenvalue weighted by Gasteiger charge is 2.30. The van der Waals surface area contributed by atoms with Crippen molar-refractivity contribution in [2.75, 3.05) is 26.2 Å². The number of carbonyl (C=O) groups excluding carboxylic acids is 1. The fourth-order valence-electron chi connectivity index (χ4n) is 3.90. The molecule has 2 fully saturated rings. The van der Waals surface area contributed by atoms with E-state index in [4.69, 9.17) is 0 Å². The minimum Gasteiger partial charge on any atom is -0.341 e. The molecule has 4 heteroatoms. The van der Waals surface area contributed by atoms with Crippen molar-refractivity contribution in [2.24, 2.45) is 5.92 Å². The van der Waals surface area contributed by atoms with Gasteiger partial charge in [0.2, 0.25) is 5.91 Å². The topological polar surface area (TPSA) is 23.6 Å². The zero-order valence-corrected chi connectivity index (χ0v) is 14.0. The summed E-state index contributed by atoms with van der Waals surface area (Å²) >= 11 is 0. The highest BCUT2D eigenvalue weighted by molar-refractivity contribution is 5.81. The molecule has 2 saturated heterocycles. The van der Waals surface area contributed by atoms with Gasteiger partial charge in [0.25, 0.3) is 0 Å². The van der Waals surface area contributed by atoms with Crippen LogP contribution < -0.4 is 0 Å². The molecule has 0 bridgehead atoms. The summed E-state index contributed by atoms with van der Waals surface area (Å²) in [6, 6.07) is 6.94. The predicted octanol–water partition coefficient (Wildman–Crippen LogP) is 3.09. The van der Waals surface area contributed by atoms with Gasteiger partial charge in [-0.1, -0.05) is 12.1 Å². The normalized spacial score (nSPS) is 21.6. The quantitative estimate of drug-likeness (QED) is 0.852. The summed E-state index contributed by atoms with van der Waals surface area (Å²) in [7, 11) is 0. The second kappa shape index (κ2) is 7.43. The Hall–Kier alpha value is -1.42. The van der Waals surface area contributed by atoms with Crippen molar-refractivity contribution in [2.45, 2.75) is 45.1 Å². The Kier molecular flexibility index (Phi) is 5.31. The molecule has 0 saturated carbocycles. The Labute approximate surface area is 138 Å². The smallest absolute Gasteiger partial charge is 0.239 e. The molecule has 2 heterocycles. The van der Waals surface area contributed by atoms with Crippen LogP contribution in [-0.4, -0.2) is 47.9 Å². The number of halogens is 1. The van der Waals surface area contributed by atoms with Gasteiger partial charge in [-0.15, -0.1) is 0 Å². The molecule has 2 aliphatic heterocycles. The van der Waals surface area contributed by atoms with Crippen molar-refractivity contribution in [3.05, 3.63) is 35.6 Å². The van der Waals surface area contributed by atoms with E-state index in [1.165, 1.54) is 6.07 Å². The largest absolute Gasteiger partial charge is 0.341 e. The number of piperidine rings is 1. The van der Waals surface area contributed by atoms with Crippen molar-refractivity contribution < 1.29 is 9.18 Å². The average Bonchev–Trinajstić information content (AvgIpc) is 3.09. The van der Waals surface area contributed by atoms with Crippen LogP contribution >= 0.6 is 0 Å². The van der Waals surface area contributed by atoms with Crippen LogP contribution in [0.3, 0.4) is 0 Å². The molecule has 3 rings (SSSR count). The lowest BCUT2D eigenvalue weighted by molar-refractivity contribution is -0.135. The van der Waals surface area contributed by atoms with Gasteiger partial charge in [0, 0.05) is 13.1 Å². The van der Waals surface area contributed by atoms with Gasteiger partial charge in [-0.05, 0) is 75.7 Å². The number of rotatable bonds is 4. The zero-order chi connectivity index (χ0) is 16.2. The maximum Gasteiger partial charge on any atom is 0.239 e. The van der Waals surface area contributed by atoms with Crippen molar-refractivity contribution in [1.82, 2.24) is 9.80 Å². The van der Waals surface area contributed by atoms with E-state index in [0.717, 1.165) is 63.8 Å². The summed E-state index contributed by atoms with van der Waals surface area (Å²) < 4.78 is 13.3. The van der Waals surface area contributed by atoms with Crippen LogP contribution in [0.15, 0.2) is 24.3 Å². The van der Waals surface area contributed by atoms with Crippen molar-refractivity contribution in [3.63, 3.8) is 0 Å². The van der Waals surface area contributed by atoms with E-state index < -0.39 is 0 Å². The van der Waals surface area contributed by atoms with E-state index >= 15 is 0 Å². The Balaban J connectivity index is 1.48. The number of amides is 1. The summed E-state index contributed by atoms with van der Waals surface area (Å²) in [5, 5.41) is 0. The molecule has 126 valence electrons. The summed E-state index contributed by atoms with van der Waals surface area (Å²) in [6.45, 7) is 5.85. The highest BCUT2D eigenvalue weighted by Crippen LogP contribution is 2.24. The van der Waals surface area contributed by atoms with Crippen molar-refractivity contribution >= 4 is 5.91 Å². The van der Waals surface area contributed by atoms with Crippen LogP contribution in [0.1, 0.15) is 38.2 Å². The van der Waals surface area contributed by atoms with Crippen molar-refractivity contribution in [3.8, 4) is 0 Å². The lowest BCUT2D eigenvalue weighted by Crippen LogP contribution is -2.49. The van der Waals surface area contributed by atoms with Crippen LogP contribution in [0, 0.1) is 11.7 Å². The Bertz CT molecular complexity index is 534. The average molecular weight is 318 g/mol. The number of carbonyl (C=O) groups is 1. The fraction of sp³-hybridized carbons (Fsp3) is 0.632. The first-order chi connectivity index (χ1) is 11.1. The highest BCUT2D eigenvalue weighted by atomic mass is 19.1. The number of likely N-dealkylation sites (tertiary alicyclic amines) is 2. The summed E-state index contributed by atoms with van der Waals surface area (Å²) in [5.41, 5.74) is 1.09. The maximum absolute atomic E-state index is 13.3. The Morgan fingerprint density at radius 1 is 1.22 bits per heavy atom. The molecule has 0 aromatic heterocycles. The number of hydrogen-bond acceptors (Lipinski definition) is 2. The molecule has 2 aliphatic rings. The first-order valence-corrected chi connectivity index (χ1v) is 8.91. The molecule has 0 N–H and O–H groups in total. The van der Waals surface area contributed by atoms with Gasteiger partial charge in [-0.2, -0.15) is 0 Å². The molecular formula is C19H27FN2O. The van der Waals surface area contributed by atoms with Crippen LogP contribution in [0.2, 0.25) is 0 Å². The van der Waals surface area contributed by atoms with E-state index in [2.05, 4.69) is 4.90 Å². The number of hydrogen-bond donors (Lipinski definition) is 0. The maximum atomic E-state index is 13.3. The third-order valence-electron chi connectivity index (χ3n) is 5.39. The molecule has 0 spiro atoms. The molecule has 0 radical (unpaired) electrons.